The molecule has 0 aliphatic heterocycles. The minimum absolute atomic E-state index is 0.0302. The van der Waals surface area contributed by atoms with Gasteiger partial charge in [-0.25, -0.2) is 0 Å². The van der Waals surface area contributed by atoms with Crippen LogP contribution in [-0.2, 0) is 22.6 Å². The number of para-hydroxylation sites is 1. The molecule has 0 saturated heterocycles. The molecular weight excluding hydrogens is 483 g/mol. The number of hydrogen-bond donors (Lipinski definition) is 1. The number of carbonyl (C=O) groups is 2. The predicted molar refractivity (Wildman–Crippen MR) is 141 cm³/mol. The van der Waals surface area contributed by atoms with E-state index in [0.29, 0.717) is 27.8 Å². The standard InChI is InChI=1S/C28H30Cl2N2O3/c1-3-20(2)31-28(34)26(16-21-10-6-4-7-11-21)32(18-22-14-15-23(29)17-25(22)30)27(33)19-35-24-12-8-5-9-13-24/h4-15,17,20,26H,3,16,18-19H2,1-2H3,(H,31,34)/t20-,26+/m1/s1. The molecule has 184 valence electrons. The number of nitrogens with zero attached hydrogens (tertiary/aromatic N) is 1. The maximum Gasteiger partial charge on any atom is 0.261 e. The van der Waals surface area contributed by atoms with Crippen LogP contribution in [0, 0.1) is 0 Å². The summed E-state index contributed by atoms with van der Waals surface area (Å²) in [6.45, 7) is 3.87. The number of halogens is 2. The quantitative estimate of drug-likeness (QED) is 0.346. The molecule has 2 atom stereocenters. The van der Waals surface area contributed by atoms with Gasteiger partial charge in [-0.2, -0.15) is 0 Å². The van der Waals surface area contributed by atoms with Gasteiger partial charge in [0, 0.05) is 29.1 Å². The van der Waals surface area contributed by atoms with E-state index in [2.05, 4.69) is 5.32 Å². The smallest absolute Gasteiger partial charge is 0.261 e. The zero-order valence-corrected chi connectivity index (χ0v) is 21.4. The molecule has 1 N–H and O–H groups in total. The summed E-state index contributed by atoms with van der Waals surface area (Å²) < 4.78 is 5.74. The van der Waals surface area contributed by atoms with E-state index in [-0.39, 0.29) is 31.0 Å². The van der Waals surface area contributed by atoms with Crippen molar-refractivity contribution < 1.29 is 14.3 Å². The van der Waals surface area contributed by atoms with E-state index in [9.17, 15) is 9.59 Å². The maximum atomic E-state index is 13.5. The molecule has 0 heterocycles. The summed E-state index contributed by atoms with van der Waals surface area (Å²) in [5.74, 6) is 0.0374. The van der Waals surface area contributed by atoms with E-state index in [1.54, 1.807) is 35.2 Å². The summed E-state index contributed by atoms with van der Waals surface area (Å²) in [5, 5.41) is 3.97. The number of carbonyl (C=O) groups excluding carboxylic acids is 2. The molecule has 5 nitrogen and oxygen atoms in total. The Bertz CT molecular complexity index is 1110. The first-order chi connectivity index (χ1) is 16.9. The largest absolute Gasteiger partial charge is 0.484 e. The van der Waals surface area contributed by atoms with Crippen molar-refractivity contribution in [2.45, 2.75) is 45.3 Å². The highest BCUT2D eigenvalue weighted by molar-refractivity contribution is 6.35. The molecule has 2 amide bonds. The lowest BCUT2D eigenvalue weighted by Crippen LogP contribution is -2.53. The van der Waals surface area contributed by atoms with Crippen molar-refractivity contribution >= 4 is 35.0 Å². The number of ether oxygens (including phenoxy) is 1. The molecule has 0 aliphatic rings. The Hall–Kier alpha value is -3.02. The van der Waals surface area contributed by atoms with Gasteiger partial charge in [0.25, 0.3) is 5.91 Å². The van der Waals surface area contributed by atoms with E-state index < -0.39 is 6.04 Å². The van der Waals surface area contributed by atoms with Crippen LogP contribution in [0.3, 0.4) is 0 Å². The molecule has 0 aromatic heterocycles. The van der Waals surface area contributed by atoms with Crippen molar-refractivity contribution in [1.82, 2.24) is 10.2 Å². The Kier molecular flexibility index (Phi) is 10.0. The maximum absolute atomic E-state index is 13.5. The van der Waals surface area contributed by atoms with E-state index in [1.165, 1.54) is 0 Å². The van der Waals surface area contributed by atoms with Crippen LogP contribution in [0.2, 0.25) is 10.0 Å². The summed E-state index contributed by atoms with van der Waals surface area (Å²) in [6, 6.07) is 23.1. The van der Waals surface area contributed by atoms with E-state index in [4.69, 9.17) is 27.9 Å². The van der Waals surface area contributed by atoms with Gasteiger partial charge in [-0.1, -0.05) is 84.7 Å². The van der Waals surface area contributed by atoms with Gasteiger partial charge >= 0.3 is 0 Å². The van der Waals surface area contributed by atoms with Crippen LogP contribution in [0.4, 0.5) is 0 Å². The highest BCUT2D eigenvalue weighted by atomic mass is 35.5. The average Bonchev–Trinajstić information content (AvgIpc) is 2.87. The average molecular weight is 513 g/mol. The fraction of sp³-hybridized carbons (Fsp3) is 0.286. The zero-order valence-electron chi connectivity index (χ0n) is 19.9. The number of rotatable bonds is 11. The normalized spacial score (nSPS) is 12.5. The first kappa shape index (κ1) is 26.6. The molecule has 3 aromatic carbocycles. The van der Waals surface area contributed by atoms with Gasteiger partial charge in [-0.05, 0) is 48.7 Å². The topological polar surface area (TPSA) is 58.6 Å². The molecule has 3 aromatic rings. The van der Waals surface area contributed by atoms with Crippen molar-refractivity contribution in [2.24, 2.45) is 0 Å². The number of benzene rings is 3. The lowest BCUT2D eigenvalue weighted by Gasteiger charge is -2.32. The van der Waals surface area contributed by atoms with E-state index in [1.807, 2.05) is 62.4 Å². The monoisotopic (exact) mass is 512 g/mol. The Morgan fingerprint density at radius 1 is 0.971 bits per heavy atom. The first-order valence-electron chi connectivity index (χ1n) is 11.6. The molecule has 0 bridgehead atoms. The molecule has 0 saturated carbocycles. The van der Waals surface area contributed by atoms with Crippen molar-refractivity contribution in [2.75, 3.05) is 6.61 Å². The minimum atomic E-state index is -0.759. The van der Waals surface area contributed by atoms with Gasteiger partial charge in [0.05, 0.1) is 0 Å². The highest BCUT2D eigenvalue weighted by Crippen LogP contribution is 2.24. The molecule has 0 unspecified atom stereocenters. The van der Waals surface area contributed by atoms with Crippen molar-refractivity contribution in [1.29, 1.82) is 0 Å². The second-order valence-corrected chi connectivity index (χ2v) is 9.23. The Labute approximate surface area is 217 Å². The van der Waals surface area contributed by atoms with Crippen molar-refractivity contribution in [3.63, 3.8) is 0 Å². The lowest BCUT2D eigenvalue weighted by atomic mass is 10.0. The van der Waals surface area contributed by atoms with Crippen LogP contribution in [-0.4, -0.2) is 35.4 Å². The van der Waals surface area contributed by atoms with Crippen LogP contribution >= 0.6 is 23.2 Å². The third kappa shape index (κ3) is 8.01. The number of hydrogen-bond acceptors (Lipinski definition) is 3. The van der Waals surface area contributed by atoms with Gasteiger partial charge in [0.1, 0.15) is 11.8 Å². The Morgan fingerprint density at radius 3 is 2.26 bits per heavy atom. The highest BCUT2D eigenvalue weighted by Gasteiger charge is 2.31. The lowest BCUT2D eigenvalue weighted by molar-refractivity contribution is -0.143. The van der Waals surface area contributed by atoms with Crippen LogP contribution in [0.1, 0.15) is 31.4 Å². The predicted octanol–water partition coefficient (Wildman–Crippen LogP) is 5.93. The van der Waals surface area contributed by atoms with Crippen LogP contribution in [0.15, 0.2) is 78.9 Å². The van der Waals surface area contributed by atoms with Crippen LogP contribution < -0.4 is 10.1 Å². The molecule has 0 radical (unpaired) electrons. The third-order valence-electron chi connectivity index (χ3n) is 5.73. The number of nitrogens with one attached hydrogen (secondary N) is 1. The summed E-state index contributed by atoms with van der Waals surface area (Å²) in [6.07, 6.45) is 1.13. The van der Waals surface area contributed by atoms with E-state index >= 15 is 0 Å². The Balaban J connectivity index is 1.94. The van der Waals surface area contributed by atoms with Crippen LogP contribution in [0.5, 0.6) is 5.75 Å². The minimum Gasteiger partial charge on any atom is -0.484 e. The van der Waals surface area contributed by atoms with Gasteiger partial charge in [0.15, 0.2) is 6.61 Å². The molecule has 0 spiro atoms. The molecule has 7 heteroatoms. The zero-order chi connectivity index (χ0) is 25.2. The van der Waals surface area contributed by atoms with Gasteiger partial charge in [-0.15, -0.1) is 0 Å². The van der Waals surface area contributed by atoms with Gasteiger partial charge < -0.3 is 15.0 Å². The summed E-state index contributed by atoms with van der Waals surface area (Å²) >= 11 is 12.5. The summed E-state index contributed by atoms with van der Waals surface area (Å²) in [7, 11) is 0. The summed E-state index contributed by atoms with van der Waals surface area (Å²) in [4.78, 5) is 28.6. The molecule has 0 aliphatic carbocycles. The third-order valence-corrected chi connectivity index (χ3v) is 6.32. The van der Waals surface area contributed by atoms with Crippen molar-refractivity contribution in [3.8, 4) is 5.75 Å². The first-order valence-corrected chi connectivity index (χ1v) is 12.4. The molecule has 0 fully saturated rings. The SMILES string of the molecule is CC[C@@H](C)NC(=O)[C@H](Cc1ccccc1)N(Cc1ccc(Cl)cc1Cl)C(=O)COc1ccccc1. The van der Waals surface area contributed by atoms with Crippen LogP contribution in [0.25, 0.3) is 0 Å². The second-order valence-electron chi connectivity index (χ2n) is 8.38. The molecule has 3 rings (SSSR count). The van der Waals surface area contributed by atoms with Gasteiger partial charge in [0.2, 0.25) is 5.91 Å². The van der Waals surface area contributed by atoms with E-state index in [0.717, 1.165) is 12.0 Å². The van der Waals surface area contributed by atoms with Crippen molar-refractivity contribution in [3.05, 3.63) is 100 Å². The molecular formula is C28H30Cl2N2O3. The Morgan fingerprint density at radius 2 is 1.63 bits per heavy atom. The van der Waals surface area contributed by atoms with Gasteiger partial charge in [-0.3, -0.25) is 9.59 Å². The number of amides is 2. The fourth-order valence-electron chi connectivity index (χ4n) is 3.57. The molecule has 35 heavy (non-hydrogen) atoms. The summed E-state index contributed by atoms with van der Waals surface area (Å²) in [5.41, 5.74) is 1.64. The second kappa shape index (κ2) is 13.2. The fourth-order valence-corrected chi connectivity index (χ4v) is 4.04.